The molecule has 124 valence electrons. The first kappa shape index (κ1) is 15.8. The first-order valence-electron chi connectivity index (χ1n) is 8.30. The molecule has 0 aliphatic carbocycles. The molecular formula is C17H23N3O3. The fourth-order valence-electron chi connectivity index (χ4n) is 3.77. The summed E-state index contributed by atoms with van der Waals surface area (Å²) >= 11 is 0. The number of aromatic nitrogens is 1. The standard InChI is InChI=1S/C17H23N3O3/c1-3-5-12-8-11(9-15(21)18-12)16(22)20-7-4-6-13-14(20)10-19(2)17(13)23/h8-9,13-14H,3-7,10H2,1-2H3,(H,18,21)/t13-,14-/m1/s1. The van der Waals surface area contributed by atoms with Gasteiger partial charge in [0.1, 0.15) is 0 Å². The van der Waals surface area contributed by atoms with E-state index in [4.69, 9.17) is 0 Å². The average molecular weight is 317 g/mol. The summed E-state index contributed by atoms with van der Waals surface area (Å²) < 4.78 is 0. The summed E-state index contributed by atoms with van der Waals surface area (Å²) in [6, 6.07) is 3.07. The van der Waals surface area contributed by atoms with Gasteiger partial charge < -0.3 is 14.8 Å². The Hall–Kier alpha value is -2.11. The van der Waals surface area contributed by atoms with Crippen LogP contribution < -0.4 is 5.56 Å². The van der Waals surface area contributed by atoms with Gasteiger partial charge in [-0.25, -0.2) is 0 Å². The number of likely N-dealkylation sites (N-methyl/N-ethyl adjacent to an activating group) is 1. The maximum atomic E-state index is 12.9. The molecule has 2 fully saturated rings. The molecule has 0 radical (unpaired) electrons. The number of nitrogens with one attached hydrogen (secondary N) is 1. The van der Waals surface area contributed by atoms with Crippen LogP contribution in [0.3, 0.4) is 0 Å². The van der Waals surface area contributed by atoms with Crippen LogP contribution in [0.2, 0.25) is 0 Å². The minimum Gasteiger partial charge on any atom is -0.343 e. The van der Waals surface area contributed by atoms with Crippen molar-refractivity contribution >= 4 is 11.8 Å². The molecule has 3 heterocycles. The minimum absolute atomic E-state index is 0.0670. The second kappa shape index (κ2) is 6.18. The van der Waals surface area contributed by atoms with E-state index in [1.165, 1.54) is 6.07 Å². The molecule has 2 atom stereocenters. The summed E-state index contributed by atoms with van der Waals surface area (Å²) in [6.07, 6.45) is 3.32. The predicted octanol–water partition coefficient (Wildman–Crippen LogP) is 1.02. The third-order valence-corrected chi connectivity index (χ3v) is 4.86. The third-order valence-electron chi connectivity index (χ3n) is 4.86. The first-order chi connectivity index (χ1) is 11.0. The molecular weight excluding hydrogens is 294 g/mol. The number of H-pyrrole nitrogens is 1. The van der Waals surface area contributed by atoms with Crippen molar-refractivity contribution < 1.29 is 9.59 Å². The van der Waals surface area contributed by atoms with E-state index in [1.807, 2.05) is 6.92 Å². The van der Waals surface area contributed by atoms with Gasteiger partial charge in [-0.3, -0.25) is 14.4 Å². The number of likely N-dealkylation sites (tertiary alicyclic amines) is 2. The molecule has 1 N–H and O–H groups in total. The highest BCUT2D eigenvalue weighted by Crippen LogP contribution is 2.31. The lowest BCUT2D eigenvalue weighted by Crippen LogP contribution is -2.48. The maximum absolute atomic E-state index is 12.9. The van der Waals surface area contributed by atoms with E-state index in [1.54, 1.807) is 22.9 Å². The molecule has 0 aromatic carbocycles. The third kappa shape index (κ3) is 2.90. The highest BCUT2D eigenvalue weighted by atomic mass is 16.2. The lowest BCUT2D eigenvalue weighted by Gasteiger charge is -2.36. The van der Waals surface area contributed by atoms with Crippen molar-refractivity contribution in [1.82, 2.24) is 14.8 Å². The SMILES string of the molecule is CCCc1cc(C(=O)N2CCC[C@H]3C(=O)N(C)C[C@H]32)cc(=O)[nH]1. The van der Waals surface area contributed by atoms with E-state index in [0.29, 0.717) is 18.7 Å². The van der Waals surface area contributed by atoms with Gasteiger partial charge in [-0.2, -0.15) is 0 Å². The van der Waals surface area contributed by atoms with Gasteiger partial charge in [0.2, 0.25) is 11.5 Å². The monoisotopic (exact) mass is 317 g/mol. The van der Waals surface area contributed by atoms with Crippen molar-refractivity contribution in [2.75, 3.05) is 20.1 Å². The average Bonchev–Trinajstić information content (AvgIpc) is 2.81. The molecule has 6 nitrogen and oxygen atoms in total. The zero-order chi connectivity index (χ0) is 16.6. The molecule has 2 aliphatic heterocycles. The predicted molar refractivity (Wildman–Crippen MR) is 86.2 cm³/mol. The molecule has 6 heteroatoms. The van der Waals surface area contributed by atoms with Gasteiger partial charge in [0, 0.05) is 37.5 Å². The Kier molecular flexibility index (Phi) is 4.24. The molecule has 0 bridgehead atoms. The summed E-state index contributed by atoms with van der Waals surface area (Å²) in [5.74, 6) is -0.0915. The number of piperidine rings is 1. The second-order valence-corrected chi connectivity index (χ2v) is 6.54. The summed E-state index contributed by atoms with van der Waals surface area (Å²) in [4.78, 5) is 43.2. The van der Waals surface area contributed by atoms with Crippen LogP contribution in [0.4, 0.5) is 0 Å². The van der Waals surface area contributed by atoms with Gasteiger partial charge in [0.05, 0.1) is 12.0 Å². The Morgan fingerprint density at radius 3 is 2.87 bits per heavy atom. The van der Waals surface area contributed by atoms with Crippen LogP contribution in [-0.2, 0) is 11.2 Å². The van der Waals surface area contributed by atoms with E-state index in [-0.39, 0.29) is 29.3 Å². The Balaban J connectivity index is 1.88. The molecule has 0 saturated carbocycles. The van der Waals surface area contributed by atoms with Gasteiger partial charge in [-0.1, -0.05) is 13.3 Å². The van der Waals surface area contributed by atoms with Gasteiger partial charge in [-0.15, -0.1) is 0 Å². The van der Waals surface area contributed by atoms with E-state index >= 15 is 0 Å². The number of pyridine rings is 1. The molecule has 0 unspecified atom stereocenters. The molecule has 1 aromatic heterocycles. The minimum atomic E-state index is -0.243. The molecule has 3 rings (SSSR count). The van der Waals surface area contributed by atoms with Crippen molar-refractivity contribution in [3.63, 3.8) is 0 Å². The molecule has 23 heavy (non-hydrogen) atoms. The molecule has 1 aromatic rings. The van der Waals surface area contributed by atoms with Crippen LogP contribution in [-0.4, -0.2) is 52.8 Å². The summed E-state index contributed by atoms with van der Waals surface area (Å²) in [6.45, 7) is 3.26. The normalized spacial score (nSPS) is 24.0. The Morgan fingerprint density at radius 2 is 2.13 bits per heavy atom. The van der Waals surface area contributed by atoms with Crippen LogP contribution in [0.1, 0.15) is 42.2 Å². The lowest BCUT2D eigenvalue weighted by atomic mass is 9.91. The van der Waals surface area contributed by atoms with E-state index < -0.39 is 0 Å². The second-order valence-electron chi connectivity index (χ2n) is 6.54. The quantitative estimate of drug-likeness (QED) is 0.904. The molecule has 2 amide bonds. The van der Waals surface area contributed by atoms with E-state index in [2.05, 4.69) is 4.98 Å². The lowest BCUT2D eigenvalue weighted by molar-refractivity contribution is -0.130. The number of nitrogens with zero attached hydrogens (tertiary/aromatic N) is 2. The number of carbonyl (C=O) groups is 2. The summed E-state index contributed by atoms with van der Waals surface area (Å²) in [5, 5.41) is 0. The number of carbonyl (C=O) groups excluding carboxylic acids is 2. The number of amides is 2. The molecule has 2 aliphatic rings. The summed E-state index contributed by atoms with van der Waals surface area (Å²) in [5.41, 5.74) is 0.976. The van der Waals surface area contributed by atoms with Crippen molar-refractivity contribution in [3.8, 4) is 0 Å². The Morgan fingerprint density at radius 1 is 1.35 bits per heavy atom. The Labute approximate surface area is 135 Å². The number of rotatable bonds is 3. The van der Waals surface area contributed by atoms with Crippen molar-refractivity contribution in [2.45, 2.75) is 38.6 Å². The fraction of sp³-hybridized carbons (Fsp3) is 0.588. The fourth-order valence-corrected chi connectivity index (χ4v) is 3.77. The van der Waals surface area contributed by atoms with Crippen LogP contribution in [0.5, 0.6) is 0 Å². The van der Waals surface area contributed by atoms with Crippen LogP contribution in [0, 0.1) is 5.92 Å². The molecule has 2 saturated heterocycles. The highest BCUT2D eigenvalue weighted by molar-refractivity contribution is 5.95. The van der Waals surface area contributed by atoms with Crippen molar-refractivity contribution in [1.29, 1.82) is 0 Å². The zero-order valence-electron chi connectivity index (χ0n) is 13.7. The van der Waals surface area contributed by atoms with E-state index in [9.17, 15) is 14.4 Å². The number of hydrogen-bond acceptors (Lipinski definition) is 3. The zero-order valence-corrected chi connectivity index (χ0v) is 13.7. The molecule has 0 spiro atoms. The number of aryl methyl sites for hydroxylation is 1. The highest BCUT2D eigenvalue weighted by Gasteiger charge is 2.45. The van der Waals surface area contributed by atoms with Crippen LogP contribution in [0.15, 0.2) is 16.9 Å². The summed E-state index contributed by atoms with van der Waals surface area (Å²) in [7, 11) is 1.79. The number of hydrogen-bond donors (Lipinski definition) is 1. The first-order valence-corrected chi connectivity index (χ1v) is 8.30. The smallest absolute Gasteiger partial charge is 0.254 e. The van der Waals surface area contributed by atoms with E-state index in [0.717, 1.165) is 31.4 Å². The van der Waals surface area contributed by atoms with Crippen LogP contribution >= 0.6 is 0 Å². The largest absolute Gasteiger partial charge is 0.343 e. The van der Waals surface area contributed by atoms with Crippen LogP contribution in [0.25, 0.3) is 0 Å². The Bertz CT molecular complexity index is 682. The topological polar surface area (TPSA) is 73.5 Å². The van der Waals surface area contributed by atoms with Gasteiger partial charge in [0.15, 0.2) is 0 Å². The maximum Gasteiger partial charge on any atom is 0.254 e. The van der Waals surface area contributed by atoms with Crippen molar-refractivity contribution in [2.24, 2.45) is 5.92 Å². The number of aromatic amines is 1. The van der Waals surface area contributed by atoms with Gasteiger partial charge in [-0.05, 0) is 25.3 Å². The van der Waals surface area contributed by atoms with Crippen molar-refractivity contribution in [3.05, 3.63) is 33.7 Å². The van der Waals surface area contributed by atoms with Gasteiger partial charge in [0.25, 0.3) is 5.91 Å². The van der Waals surface area contributed by atoms with Gasteiger partial charge >= 0.3 is 0 Å². The number of fused-ring (bicyclic) bond motifs is 1.